The molecule has 1 rings (SSSR count). The molecule has 0 aliphatic rings. The topological polar surface area (TPSA) is 59.4 Å². The van der Waals surface area contributed by atoms with Gasteiger partial charge >= 0.3 is 0 Å². The van der Waals surface area contributed by atoms with Gasteiger partial charge in [-0.2, -0.15) is 0 Å². The van der Waals surface area contributed by atoms with E-state index in [2.05, 4.69) is 0 Å². The van der Waals surface area contributed by atoms with Crippen LogP contribution in [0.25, 0.3) is 0 Å². The molecule has 0 saturated heterocycles. The number of nitrogens with two attached hydrogens (primary N) is 1. The quantitative estimate of drug-likeness (QED) is 0.825. The standard InChI is InChI=1S/C8H11F2NO2.ClH/c1-5-2-3-6(13-5)7(11)8(9,10)4-12;/h2-3,7,12H,4,11H2,1H3;1H/t7-;/m0./s1. The summed E-state index contributed by atoms with van der Waals surface area (Å²) in [5.74, 6) is -2.85. The number of hydrogen-bond acceptors (Lipinski definition) is 3. The van der Waals surface area contributed by atoms with Crippen molar-refractivity contribution in [3.63, 3.8) is 0 Å². The second-order valence-electron chi connectivity index (χ2n) is 2.85. The molecule has 6 heteroatoms. The molecule has 0 saturated carbocycles. The van der Waals surface area contributed by atoms with Crippen LogP contribution in [0.2, 0.25) is 0 Å². The average Bonchev–Trinajstić information content (AvgIpc) is 2.50. The van der Waals surface area contributed by atoms with Gasteiger partial charge in [0.05, 0.1) is 0 Å². The third-order valence-electron chi connectivity index (χ3n) is 1.73. The summed E-state index contributed by atoms with van der Waals surface area (Å²) in [6.07, 6.45) is 0. The molecule has 82 valence electrons. The Hall–Kier alpha value is -0.650. The third kappa shape index (κ3) is 2.67. The van der Waals surface area contributed by atoms with Gasteiger partial charge in [-0.05, 0) is 19.1 Å². The summed E-state index contributed by atoms with van der Waals surface area (Å²) in [6.45, 7) is 0.348. The monoisotopic (exact) mass is 227 g/mol. The van der Waals surface area contributed by atoms with E-state index in [4.69, 9.17) is 15.3 Å². The molecule has 1 aromatic rings. The van der Waals surface area contributed by atoms with E-state index in [0.29, 0.717) is 5.76 Å². The molecule has 14 heavy (non-hydrogen) atoms. The number of hydrogen-bond donors (Lipinski definition) is 2. The highest BCUT2D eigenvalue weighted by molar-refractivity contribution is 5.85. The zero-order chi connectivity index (χ0) is 10.1. The molecule has 0 aliphatic carbocycles. The molecular formula is C8H12ClF2NO2. The van der Waals surface area contributed by atoms with Crippen molar-refractivity contribution in [3.05, 3.63) is 23.7 Å². The first-order valence-electron chi connectivity index (χ1n) is 3.78. The van der Waals surface area contributed by atoms with E-state index in [1.807, 2.05) is 0 Å². The Morgan fingerprint density at radius 1 is 1.57 bits per heavy atom. The molecule has 1 aromatic heterocycles. The summed E-state index contributed by atoms with van der Waals surface area (Å²) >= 11 is 0. The Labute approximate surface area is 86.3 Å². The van der Waals surface area contributed by atoms with Crippen LogP contribution in [0.15, 0.2) is 16.5 Å². The van der Waals surface area contributed by atoms with Crippen LogP contribution in [-0.2, 0) is 0 Å². The van der Waals surface area contributed by atoms with Crippen molar-refractivity contribution >= 4 is 12.4 Å². The van der Waals surface area contributed by atoms with E-state index in [1.165, 1.54) is 6.07 Å². The highest BCUT2D eigenvalue weighted by Crippen LogP contribution is 2.29. The lowest BCUT2D eigenvalue weighted by Crippen LogP contribution is -2.35. The van der Waals surface area contributed by atoms with E-state index < -0.39 is 18.6 Å². The molecule has 0 spiro atoms. The van der Waals surface area contributed by atoms with Crippen LogP contribution >= 0.6 is 12.4 Å². The summed E-state index contributed by atoms with van der Waals surface area (Å²) in [6, 6.07) is 1.33. The van der Waals surface area contributed by atoms with Crippen molar-refractivity contribution in [3.8, 4) is 0 Å². The largest absolute Gasteiger partial charge is 0.464 e. The minimum absolute atomic E-state index is 0. The van der Waals surface area contributed by atoms with Crippen LogP contribution in [0.4, 0.5) is 8.78 Å². The van der Waals surface area contributed by atoms with Crippen LogP contribution in [-0.4, -0.2) is 17.6 Å². The Kier molecular flexibility index (Phi) is 4.51. The van der Waals surface area contributed by atoms with Gasteiger partial charge in [0.2, 0.25) is 0 Å². The summed E-state index contributed by atoms with van der Waals surface area (Å²) < 4.78 is 30.5. The molecule has 1 heterocycles. The van der Waals surface area contributed by atoms with Crippen molar-refractivity contribution in [1.29, 1.82) is 0 Å². The molecule has 0 unspecified atom stereocenters. The van der Waals surface area contributed by atoms with Crippen LogP contribution in [0, 0.1) is 6.92 Å². The zero-order valence-electron chi connectivity index (χ0n) is 7.54. The molecule has 0 radical (unpaired) electrons. The Morgan fingerprint density at radius 3 is 2.50 bits per heavy atom. The predicted molar refractivity (Wildman–Crippen MR) is 49.7 cm³/mol. The van der Waals surface area contributed by atoms with Gasteiger partial charge in [0.25, 0.3) is 5.92 Å². The molecule has 0 fully saturated rings. The smallest absolute Gasteiger partial charge is 0.292 e. The molecule has 3 nitrogen and oxygen atoms in total. The van der Waals surface area contributed by atoms with Crippen LogP contribution in [0.5, 0.6) is 0 Å². The van der Waals surface area contributed by atoms with Crippen molar-refractivity contribution in [2.45, 2.75) is 18.9 Å². The van der Waals surface area contributed by atoms with E-state index in [-0.39, 0.29) is 18.2 Å². The lowest BCUT2D eigenvalue weighted by atomic mass is 10.1. The Balaban J connectivity index is 0.00000169. The van der Waals surface area contributed by atoms with Crippen molar-refractivity contribution < 1.29 is 18.3 Å². The molecule has 0 aliphatic heterocycles. The summed E-state index contributed by atoms with van der Waals surface area (Å²) in [5, 5.41) is 8.36. The molecular weight excluding hydrogens is 216 g/mol. The van der Waals surface area contributed by atoms with Gasteiger partial charge in [-0.1, -0.05) is 0 Å². The first-order valence-corrected chi connectivity index (χ1v) is 3.78. The lowest BCUT2D eigenvalue weighted by molar-refractivity contribution is -0.0756. The number of aliphatic hydroxyl groups is 1. The molecule has 0 amide bonds. The highest BCUT2D eigenvalue weighted by Gasteiger charge is 2.39. The van der Waals surface area contributed by atoms with Gasteiger partial charge < -0.3 is 15.3 Å². The highest BCUT2D eigenvalue weighted by atomic mass is 35.5. The van der Waals surface area contributed by atoms with Crippen LogP contribution < -0.4 is 5.73 Å². The fourth-order valence-electron chi connectivity index (χ4n) is 0.927. The van der Waals surface area contributed by atoms with E-state index in [9.17, 15) is 8.78 Å². The number of alkyl halides is 2. The van der Waals surface area contributed by atoms with Gasteiger partial charge in [-0.3, -0.25) is 0 Å². The summed E-state index contributed by atoms with van der Waals surface area (Å²) in [7, 11) is 0. The average molecular weight is 228 g/mol. The minimum Gasteiger partial charge on any atom is -0.464 e. The summed E-state index contributed by atoms with van der Waals surface area (Å²) in [5.41, 5.74) is 5.19. The van der Waals surface area contributed by atoms with Gasteiger partial charge in [-0.25, -0.2) is 8.78 Å². The molecule has 1 atom stereocenters. The van der Waals surface area contributed by atoms with Gasteiger partial charge in [0, 0.05) is 0 Å². The first-order chi connectivity index (χ1) is 5.97. The fourth-order valence-corrected chi connectivity index (χ4v) is 0.927. The van der Waals surface area contributed by atoms with E-state index in [0.717, 1.165) is 0 Å². The normalized spacial score (nSPS) is 13.5. The zero-order valence-corrected chi connectivity index (χ0v) is 8.35. The lowest BCUT2D eigenvalue weighted by Gasteiger charge is -2.18. The second-order valence-corrected chi connectivity index (χ2v) is 2.85. The van der Waals surface area contributed by atoms with Gasteiger partial charge in [0.15, 0.2) is 0 Å². The SMILES string of the molecule is Cc1ccc([C@H](N)C(F)(F)CO)o1.Cl. The van der Waals surface area contributed by atoms with Gasteiger partial charge in [-0.15, -0.1) is 12.4 Å². The third-order valence-corrected chi connectivity index (χ3v) is 1.73. The number of aliphatic hydroxyl groups excluding tert-OH is 1. The fraction of sp³-hybridized carbons (Fsp3) is 0.500. The predicted octanol–water partition coefficient (Wildman–Crippen LogP) is 1.64. The van der Waals surface area contributed by atoms with E-state index >= 15 is 0 Å². The number of rotatable bonds is 3. The van der Waals surface area contributed by atoms with Crippen molar-refractivity contribution in [2.24, 2.45) is 5.73 Å². The maximum Gasteiger partial charge on any atom is 0.292 e. The molecule has 3 N–H and O–H groups in total. The molecule has 0 aromatic carbocycles. The van der Waals surface area contributed by atoms with E-state index in [1.54, 1.807) is 13.0 Å². The maximum absolute atomic E-state index is 12.8. The number of aryl methyl sites for hydroxylation is 1. The second kappa shape index (κ2) is 4.72. The maximum atomic E-state index is 12.8. The van der Waals surface area contributed by atoms with Crippen LogP contribution in [0.1, 0.15) is 17.6 Å². The van der Waals surface area contributed by atoms with Crippen molar-refractivity contribution in [1.82, 2.24) is 0 Å². The minimum atomic E-state index is -3.34. The Morgan fingerprint density at radius 2 is 2.14 bits per heavy atom. The van der Waals surface area contributed by atoms with Crippen LogP contribution in [0.3, 0.4) is 0 Å². The number of furan rings is 1. The number of halogens is 3. The Bertz CT molecular complexity index is 291. The first kappa shape index (κ1) is 13.4. The van der Waals surface area contributed by atoms with Gasteiger partial charge in [0.1, 0.15) is 24.2 Å². The molecule has 0 bridgehead atoms. The van der Waals surface area contributed by atoms with Crippen molar-refractivity contribution in [2.75, 3.05) is 6.61 Å². The summed E-state index contributed by atoms with van der Waals surface area (Å²) in [4.78, 5) is 0.